The van der Waals surface area contributed by atoms with Crippen LogP contribution in [0, 0.1) is 0 Å². The first-order valence-electron chi connectivity index (χ1n) is 7.83. The van der Waals surface area contributed by atoms with Crippen molar-refractivity contribution >= 4 is 11.9 Å². The predicted molar refractivity (Wildman–Crippen MR) is 91.9 cm³/mol. The van der Waals surface area contributed by atoms with Gasteiger partial charge in [0, 0.05) is 12.4 Å². The minimum absolute atomic E-state index is 0.142. The van der Waals surface area contributed by atoms with Gasteiger partial charge in [-0.3, -0.25) is 0 Å². The number of H-pyrrole nitrogens is 1. The molecule has 25 heavy (non-hydrogen) atoms. The second kappa shape index (κ2) is 7.97. The van der Waals surface area contributed by atoms with Crippen molar-refractivity contribution in [2.75, 3.05) is 0 Å². The number of rotatable bonds is 6. The minimum Gasteiger partial charge on any atom is -0.457 e. The lowest BCUT2D eigenvalue weighted by molar-refractivity contribution is 0.0427. The first-order chi connectivity index (χ1) is 12.2. The molecule has 0 aliphatic rings. The summed E-state index contributed by atoms with van der Waals surface area (Å²) < 4.78 is 10.5. The van der Waals surface area contributed by atoms with Crippen LogP contribution in [0.2, 0.25) is 0 Å². The van der Waals surface area contributed by atoms with Gasteiger partial charge in [-0.15, -0.1) is 0 Å². The number of ether oxygens (including phenoxy) is 2. The number of carbonyl (C=O) groups excluding carboxylic acids is 2. The Kier molecular flexibility index (Phi) is 5.26. The molecule has 0 aliphatic heterocycles. The van der Waals surface area contributed by atoms with Crippen LogP contribution in [0.15, 0.2) is 73.1 Å². The fourth-order valence-electron chi connectivity index (χ4n) is 2.30. The van der Waals surface area contributed by atoms with E-state index in [1.165, 1.54) is 12.4 Å². The van der Waals surface area contributed by atoms with Gasteiger partial charge in [0.05, 0.1) is 11.1 Å². The maximum absolute atomic E-state index is 12.2. The molecule has 0 fully saturated rings. The van der Waals surface area contributed by atoms with E-state index in [0.717, 1.165) is 11.1 Å². The lowest BCUT2D eigenvalue weighted by atomic mass is 10.2. The molecule has 0 saturated heterocycles. The Morgan fingerprint density at radius 2 is 1.08 bits per heavy atom. The highest BCUT2D eigenvalue weighted by Gasteiger charge is 2.20. The number of esters is 2. The number of hydrogen-bond acceptors (Lipinski definition) is 4. The Morgan fingerprint density at radius 3 is 1.48 bits per heavy atom. The molecule has 0 aliphatic carbocycles. The lowest BCUT2D eigenvalue weighted by Crippen LogP contribution is -2.12. The summed E-state index contributed by atoms with van der Waals surface area (Å²) in [4.78, 5) is 27.2. The molecule has 0 atom stereocenters. The smallest absolute Gasteiger partial charge is 0.340 e. The van der Waals surface area contributed by atoms with Crippen molar-refractivity contribution in [3.63, 3.8) is 0 Å². The maximum Gasteiger partial charge on any atom is 0.340 e. The lowest BCUT2D eigenvalue weighted by Gasteiger charge is -2.07. The molecule has 0 saturated carbocycles. The van der Waals surface area contributed by atoms with Gasteiger partial charge in [-0.25, -0.2) is 9.59 Å². The third kappa shape index (κ3) is 4.35. The molecule has 1 aromatic heterocycles. The van der Waals surface area contributed by atoms with Crippen molar-refractivity contribution in [1.82, 2.24) is 4.98 Å². The highest BCUT2D eigenvalue weighted by Crippen LogP contribution is 2.14. The van der Waals surface area contributed by atoms with Gasteiger partial charge in [0.25, 0.3) is 0 Å². The first-order valence-corrected chi connectivity index (χ1v) is 7.83. The molecule has 2 aromatic carbocycles. The zero-order valence-electron chi connectivity index (χ0n) is 13.5. The van der Waals surface area contributed by atoms with Gasteiger partial charge in [-0.1, -0.05) is 60.7 Å². The maximum atomic E-state index is 12.2. The van der Waals surface area contributed by atoms with Crippen LogP contribution < -0.4 is 0 Å². The highest BCUT2D eigenvalue weighted by molar-refractivity contribution is 6.03. The van der Waals surface area contributed by atoms with Gasteiger partial charge >= 0.3 is 11.9 Å². The van der Waals surface area contributed by atoms with Crippen LogP contribution >= 0.6 is 0 Å². The number of aromatic nitrogens is 1. The van der Waals surface area contributed by atoms with Crippen LogP contribution in [-0.4, -0.2) is 16.9 Å². The van der Waals surface area contributed by atoms with Crippen LogP contribution in [0.4, 0.5) is 0 Å². The van der Waals surface area contributed by atoms with Crippen molar-refractivity contribution in [3.8, 4) is 0 Å². The molecule has 0 spiro atoms. The number of carbonyl (C=O) groups is 2. The fraction of sp³-hybridized carbons (Fsp3) is 0.100. The molecule has 0 amide bonds. The van der Waals surface area contributed by atoms with Crippen molar-refractivity contribution < 1.29 is 19.1 Å². The SMILES string of the molecule is O=C(OCc1ccccc1)c1c[nH]cc1C(=O)OCc1ccccc1. The summed E-state index contributed by atoms with van der Waals surface area (Å²) in [6.45, 7) is 0.284. The van der Waals surface area contributed by atoms with Crippen LogP contribution in [0.3, 0.4) is 0 Å². The summed E-state index contributed by atoms with van der Waals surface area (Å²) in [5, 5.41) is 0. The molecule has 126 valence electrons. The molecular weight excluding hydrogens is 318 g/mol. The van der Waals surface area contributed by atoms with Crippen molar-refractivity contribution in [3.05, 3.63) is 95.3 Å². The topological polar surface area (TPSA) is 68.4 Å². The van der Waals surface area contributed by atoms with Crippen molar-refractivity contribution in [1.29, 1.82) is 0 Å². The van der Waals surface area contributed by atoms with Crippen LogP contribution in [0.1, 0.15) is 31.8 Å². The zero-order chi connectivity index (χ0) is 17.5. The van der Waals surface area contributed by atoms with E-state index in [2.05, 4.69) is 4.98 Å². The third-order valence-electron chi connectivity index (χ3n) is 3.61. The molecule has 0 radical (unpaired) electrons. The molecule has 0 unspecified atom stereocenters. The molecule has 3 aromatic rings. The Morgan fingerprint density at radius 1 is 0.680 bits per heavy atom. The van der Waals surface area contributed by atoms with E-state index in [1.54, 1.807) is 0 Å². The standard InChI is InChI=1S/C20H17NO4/c22-19(24-13-15-7-3-1-4-8-15)17-11-21-12-18(17)20(23)25-14-16-9-5-2-6-10-16/h1-12,21H,13-14H2. The summed E-state index contributed by atoms with van der Waals surface area (Å²) in [6.07, 6.45) is 2.87. The van der Waals surface area contributed by atoms with Crippen LogP contribution in [0.25, 0.3) is 0 Å². The number of benzene rings is 2. The Hall–Kier alpha value is -3.34. The van der Waals surface area contributed by atoms with E-state index in [-0.39, 0.29) is 24.3 Å². The summed E-state index contributed by atoms with van der Waals surface area (Å²) in [5.74, 6) is -1.14. The summed E-state index contributed by atoms with van der Waals surface area (Å²) in [7, 11) is 0. The third-order valence-corrected chi connectivity index (χ3v) is 3.61. The first kappa shape index (κ1) is 16.5. The van der Waals surface area contributed by atoms with Crippen LogP contribution in [-0.2, 0) is 22.7 Å². The average molecular weight is 335 g/mol. The second-order valence-corrected chi connectivity index (χ2v) is 5.41. The van der Waals surface area contributed by atoms with Gasteiger partial charge in [0.1, 0.15) is 13.2 Å². The Labute approximate surface area is 145 Å². The predicted octanol–water partition coefficient (Wildman–Crippen LogP) is 3.73. The molecule has 1 heterocycles. The molecule has 5 heteroatoms. The molecular formula is C20H17NO4. The van der Waals surface area contributed by atoms with E-state index in [1.807, 2.05) is 60.7 Å². The van der Waals surface area contributed by atoms with Gasteiger partial charge < -0.3 is 14.5 Å². The normalized spacial score (nSPS) is 10.2. The summed E-state index contributed by atoms with van der Waals surface area (Å²) in [5.41, 5.74) is 2.07. The number of hydrogen-bond donors (Lipinski definition) is 1. The van der Waals surface area contributed by atoms with E-state index in [0.29, 0.717) is 0 Å². The number of aromatic amines is 1. The van der Waals surface area contributed by atoms with E-state index in [9.17, 15) is 9.59 Å². The molecule has 1 N–H and O–H groups in total. The molecule has 3 rings (SSSR count). The van der Waals surface area contributed by atoms with Crippen LogP contribution in [0.5, 0.6) is 0 Å². The van der Waals surface area contributed by atoms with E-state index < -0.39 is 11.9 Å². The number of nitrogens with one attached hydrogen (secondary N) is 1. The van der Waals surface area contributed by atoms with E-state index >= 15 is 0 Å². The van der Waals surface area contributed by atoms with Gasteiger partial charge in [0.2, 0.25) is 0 Å². The van der Waals surface area contributed by atoms with Crippen molar-refractivity contribution in [2.24, 2.45) is 0 Å². The van der Waals surface area contributed by atoms with Gasteiger partial charge in [0.15, 0.2) is 0 Å². The van der Waals surface area contributed by atoms with E-state index in [4.69, 9.17) is 9.47 Å². The Balaban J connectivity index is 1.61. The van der Waals surface area contributed by atoms with Gasteiger partial charge in [-0.05, 0) is 11.1 Å². The van der Waals surface area contributed by atoms with Gasteiger partial charge in [-0.2, -0.15) is 0 Å². The molecule has 5 nitrogen and oxygen atoms in total. The summed E-state index contributed by atoms with van der Waals surface area (Å²) in [6, 6.07) is 18.7. The fourth-order valence-corrected chi connectivity index (χ4v) is 2.30. The zero-order valence-corrected chi connectivity index (χ0v) is 13.5. The largest absolute Gasteiger partial charge is 0.457 e. The van der Waals surface area contributed by atoms with Crippen molar-refractivity contribution in [2.45, 2.75) is 13.2 Å². The monoisotopic (exact) mass is 335 g/mol. The quantitative estimate of drug-likeness (QED) is 0.697. The second-order valence-electron chi connectivity index (χ2n) is 5.41. The summed E-state index contributed by atoms with van der Waals surface area (Å²) >= 11 is 0. The Bertz CT molecular complexity index is 770. The minimum atomic E-state index is -0.572. The average Bonchev–Trinajstić information content (AvgIpc) is 3.16. The highest BCUT2D eigenvalue weighted by atomic mass is 16.5. The molecule has 0 bridgehead atoms.